The van der Waals surface area contributed by atoms with E-state index in [2.05, 4.69) is 33.6 Å². The number of esters is 2. The number of methoxy groups -OCH3 is 1. The molecular weight excluding hydrogens is 422 g/mol. The molecule has 2 aliphatic carbocycles. The Hall–Kier alpha value is -1.67. The zero-order valence-electron chi connectivity index (χ0n) is 17.1. The summed E-state index contributed by atoms with van der Waals surface area (Å²) >= 11 is 4.23. The number of rotatable bonds is 5. The summed E-state index contributed by atoms with van der Waals surface area (Å²) < 4.78 is 10.3. The molecule has 0 radical (unpaired) electrons. The summed E-state index contributed by atoms with van der Waals surface area (Å²) in [5, 5.41) is 2.69. The van der Waals surface area contributed by atoms with Crippen molar-refractivity contribution in [3.05, 3.63) is 29.8 Å². The van der Waals surface area contributed by atoms with Crippen LogP contribution in [0.25, 0.3) is 0 Å². The lowest BCUT2D eigenvalue weighted by atomic mass is 9.67. The monoisotopic (exact) mass is 449 g/mol. The molecule has 3 aliphatic rings. The van der Waals surface area contributed by atoms with Crippen molar-refractivity contribution in [3.63, 3.8) is 0 Å². The maximum atomic E-state index is 12.7. The molecule has 1 N–H and O–H groups in total. The van der Waals surface area contributed by atoms with Crippen molar-refractivity contribution in [2.75, 3.05) is 30.5 Å². The van der Waals surface area contributed by atoms with E-state index in [0.717, 1.165) is 12.8 Å². The molecule has 1 heterocycles. The Morgan fingerprint density at radius 3 is 2.30 bits per heavy atom. The third-order valence-corrected chi connectivity index (χ3v) is 10.4. The molecule has 30 heavy (non-hydrogen) atoms. The first-order valence-corrected chi connectivity index (χ1v) is 12.4. The average Bonchev–Trinajstić information content (AvgIpc) is 3.21. The SMILES string of the molecule is COC(=O)c1ccc(NC(=O)COC(=O)C2CC3CCCC(C2)C32SCCS2)cc1. The molecule has 4 rings (SSSR count). The molecule has 0 aromatic heterocycles. The highest BCUT2D eigenvalue weighted by atomic mass is 32.2. The number of amides is 1. The van der Waals surface area contributed by atoms with Crippen molar-refractivity contribution in [2.45, 2.75) is 36.2 Å². The normalized spacial score (nSPS) is 26.8. The van der Waals surface area contributed by atoms with Crippen LogP contribution in [0.5, 0.6) is 0 Å². The van der Waals surface area contributed by atoms with Crippen LogP contribution in [0, 0.1) is 17.8 Å². The van der Waals surface area contributed by atoms with Gasteiger partial charge in [-0.3, -0.25) is 9.59 Å². The van der Waals surface area contributed by atoms with E-state index in [0.29, 0.717) is 27.2 Å². The van der Waals surface area contributed by atoms with Gasteiger partial charge >= 0.3 is 11.9 Å². The quantitative estimate of drug-likeness (QED) is 0.682. The molecular formula is C22H27NO5S2. The zero-order valence-corrected chi connectivity index (χ0v) is 18.7. The van der Waals surface area contributed by atoms with E-state index in [-0.39, 0.29) is 24.4 Å². The second-order valence-electron chi connectivity index (χ2n) is 8.14. The largest absolute Gasteiger partial charge is 0.465 e. The average molecular weight is 450 g/mol. The van der Waals surface area contributed by atoms with Crippen molar-refractivity contribution in [2.24, 2.45) is 17.8 Å². The van der Waals surface area contributed by atoms with E-state index in [1.165, 1.54) is 37.9 Å². The van der Waals surface area contributed by atoms with Crippen LogP contribution >= 0.6 is 23.5 Å². The molecule has 1 spiro atoms. The first-order chi connectivity index (χ1) is 14.5. The van der Waals surface area contributed by atoms with Crippen molar-refractivity contribution in [3.8, 4) is 0 Å². The van der Waals surface area contributed by atoms with Gasteiger partial charge < -0.3 is 14.8 Å². The van der Waals surface area contributed by atoms with Crippen molar-refractivity contribution in [1.29, 1.82) is 0 Å². The smallest absolute Gasteiger partial charge is 0.337 e. The molecule has 2 saturated carbocycles. The number of hydrogen-bond acceptors (Lipinski definition) is 7. The Balaban J connectivity index is 1.27. The fraction of sp³-hybridized carbons (Fsp3) is 0.591. The van der Waals surface area contributed by atoms with Gasteiger partial charge in [-0.1, -0.05) is 6.42 Å². The van der Waals surface area contributed by atoms with Crippen LogP contribution in [0.4, 0.5) is 5.69 Å². The lowest BCUT2D eigenvalue weighted by Gasteiger charge is -2.51. The van der Waals surface area contributed by atoms with Crippen molar-refractivity contribution < 1.29 is 23.9 Å². The number of carbonyl (C=O) groups excluding carboxylic acids is 3. The van der Waals surface area contributed by atoms with Crippen LogP contribution in [-0.2, 0) is 19.1 Å². The first-order valence-electron chi connectivity index (χ1n) is 10.4. The summed E-state index contributed by atoms with van der Waals surface area (Å²) in [6, 6.07) is 6.38. The first kappa shape index (κ1) is 21.6. The minimum atomic E-state index is -0.435. The van der Waals surface area contributed by atoms with Gasteiger partial charge in [0.1, 0.15) is 0 Å². The Bertz CT molecular complexity index is 790. The Labute approximate surface area is 185 Å². The van der Waals surface area contributed by atoms with E-state index < -0.39 is 5.97 Å². The number of benzene rings is 1. The standard InChI is InChI=1S/C22H27NO5S2/c1-27-20(25)14-5-7-18(8-6-14)23-19(24)13-28-21(26)15-11-16-3-2-4-17(12-15)22(16)29-9-10-30-22/h5-8,15-17H,2-4,9-13H2,1H3,(H,23,24). The molecule has 162 valence electrons. The second-order valence-corrected chi connectivity index (χ2v) is 11.1. The summed E-state index contributed by atoms with van der Waals surface area (Å²) in [5.41, 5.74) is 0.939. The molecule has 1 saturated heterocycles. The summed E-state index contributed by atoms with van der Waals surface area (Å²) in [6.45, 7) is -0.294. The molecule has 2 bridgehead atoms. The van der Waals surface area contributed by atoms with Crippen LogP contribution in [0.15, 0.2) is 24.3 Å². The molecule has 2 unspecified atom stereocenters. The maximum absolute atomic E-state index is 12.7. The molecule has 1 aliphatic heterocycles. The Morgan fingerprint density at radius 2 is 1.70 bits per heavy atom. The fourth-order valence-corrected chi connectivity index (χ4v) is 9.00. The predicted molar refractivity (Wildman–Crippen MR) is 119 cm³/mol. The van der Waals surface area contributed by atoms with Gasteiger partial charge in [-0.25, -0.2) is 4.79 Å². The van der Waals surface area contributed by atoms with Gasteiger partial charge in [0, 0.05) is 17.2 Å². The topological polar surface area (TPSA) is 81.7 Å². The number of nitrogens with one attached hydrogen (secondary N) is 1. The van der Waals surface area contributed by atoms with Crippen LogP contribution in [-0.4, -0.2) is 47.1 Å². The highest BCUT2D eigenvalue weighted by Gasteiger charge is 2.55. The lowest BCUT2D eigenvalue weighted by molar-refractivity contribution is -0.154. The molecule has 6 nitrogen and oxygen atoms in total. The van der Waals surface area contributed by atoms with E-state index in [9.17, 15) is 14.4 Å². The minimum Gasteiger partial charge on any atom is -0.465 e. The number of ether oxygens (including phenoxy) is 2. The third-order valence-electron chi connectivity index (χ3n) is 6.39. The molecule has 1 aromatic carbocycles. The number of hydrogen-bond donors (Lipinski definition) is 1. The Kier molecular flexibility index (Phi) is 6.63. The predicted octanol–water partition coefficient (Wildman–Crippen LogP) is 3.96. The van der Waals surface area contributed by atoms with Gasteiger partial charge in [0.2, 0.25) is 0 Å². The maximum Gasteiger partial charge on any atom is 0.337 e. The number of thioether (sulfide) groups is 2. The fourth-order valence-electron chi connectivity index (χ4n) is 5.06. The second kappa shape index (κ2) is 9.22. The highest BCUT2D eigenvalue weighted by molar-refractivity contribution is 8.21. The van der Waals surface area contributed by atoms with E-state index in [4.69, 9.17) is 4.74 Å². The van der Waals surface area contributed by atoms with Gasteiger partial charge in [0.25, 0.3) is 5.91 Å². The summed E-state index contributed by atoms with van der Waals surface area (Å²) in [5.74, 6) is 2.41. The molecule has 1 aromatic rings. The number of carbonyl (C=O) groups is 3. The van der Waals surface area contributed by atoms with E-state index >= 15 is 0 Å². The number of anilines is 1. The molecule has 2 atom stereocenters. The van der Waals surface area contributed by atoms with Crippen LogP contribution in [0.1, 0.15) is 42.5 Å². The van der Waals surface area contributed by atoms with Crippen LogP contribution in [0.3, 0.4) is 0 Å². The molecule has 8 heteroatoms. The summed E-state index contributed by atoms with van der Waals surface area (Å²) in [7, 11) is 1.32. The Morgan fingerprint density at radius 1 is 1.07 bits per heavy atom. The summed E-state index contributed by atoms with van der Waals surface area (Å²) in [6.07, 6.45) is 5.42. The van der Waals surface area contributed by atoms with E-state index in [1.54, 1.807) is 24.3 Å². The summed E-state index contributed by atoms with van der Waals surface area (Å²) in [4.78, 5) is 36.3. The van der Waals surface area contributed by atoms with Gasteiger partial charge in [-0.05, 0) is 61.8 Å². The van der Waals surface area contributed by atoms with Gasteiger partial charge in [-0.2, -0.15) is 0 Å². The zero-order chi connectivity index (χ0) is 21.1. The van der Waals surface area contributed by atoms with Crippen LogP contribution < -0.4 is 5.32 Å². The van der Waals surface area contributed by atoms with Gasteiger partial charge in [0.05, 0.1) is 22.7 Å². The van der Waals surface area contributed by atoms with E-state index in [1.807, 2.05) is 0 Å². The highest BCUT2D eigenvalue weighted by Crippen LogP contribution is 2.64. The van der Waals surface area contributed by atoms with Crippen molar-refractivity contribution >= 4 is 47.1 Å². The molecule has 3 fully saturated rings. The molecule has 1 amide bonds. The minimum absolute atomic E-state index is 0.0973. The van der Waals surface area contributed by atoms with Crippen LogP contribution in [0.2, 0.25) is 0 Å². The van der Waals surface area contributed by atoms with Crippen molar-refractivity contribution in [1.82, 2.24) is 0 Å². The van der Waals surface area contributed by atoms with Gasteiger partial charge in [0.15, 0.2) is 6.61 Å². The van der Waals surface area contributed by atoms with Gasteiger partial charge in [-0.15, -0.1) is 23.5 Å². The third kappa shape index (κ3) is 4.35. The lowest BCUT2D eigenvalue weighted by Crippen LogP contribution is -2.48.